The Morgan fingerprint density at radius 3 is 2.53 bits per heavy atom. The first kappa shape index (κ1) is 22.8. The molecule has 0 saturated carbocycles. The molecule has 2 aliphatic rings. The number of hydrazone groups is 1. The van der Waals surface area contributed by atoms with Crippen molar-refractivity contribution in [2.24, 2.45) is 5.10 Å². The second kappa shape index (κ2) is 8.87. The topological polar surface area (TPSA) is 91.3 Å². The number of para-hydroxylation sites is 1. The molecule has 1 N–H and O–H groups in total. The van der Waals surface area contributed by atoms with Gasteiger partial charge in [0.15, 0.2) is 23.1 Å². The van der Waals surface area contributed by atoms with Crippen LogP contribution in [0, 0.1) is 0 Å². The Bertz CT molecular complexity index is 1170. The highest BCUT2D eigenvalue weighted by atomic mass is 79.9. The van der Waals surface area contributed by atoms with Crippen LogP contribution in [0.3, 0.4) is 0 Å². The minimum atomic E-state index is -0.844. The lowest BCUT2D eigenvalue weighted by Crippen LogP contribution is -2.55. The van der Waals surface area contributed by atoms with Crippen molar-refractivity contribution in [3.05, 3.63) is 56.5 Å². The summed E-state index contributed by atoms with van der Waals surface area (Å²) in [6.07, 6.45) is 0.957. The molecule has 0 spiro atoms. The molecule has 8 nitrogen and oxygen atoms in total. The molecule has 2 heterocycles. The SMILES string of the molecule is CSC1=NN2[C@H](C(=O)N1)c1ccccc1N(C(C)=O)[C@H]2c1cc(Br)cc(Br)c1OC(C)=O. The van der Waals surface area contributed by atoms with Crippen LogP contribution in [0.15, 0.2) is 50.4 Å². The summed E-state index contributed by atoms with van der Waals surface area (Å²) in [5, 5.41) is 9.47. The number of rotatable bonds is 2. The predicted octanol–water partition coefficient (Wildman–Crippen LogP) is 4.31. The number of nitrogens with one attached hydrogen (secondary N) is 1. The van der Waals surface area contributed by atoms with Gasteiger partial charge < -0.3 is 10.1 Å². The molecule has 2 amide bonds. The summed E-state index contributed by atoms with van der Waals surface area (Å²) in [4.78, 5) is 39.6. The Labute approximate surface area is 205 Å². The lowest BCUT2D eigenvalue weighted by atomic mass is 9.95. The molecule has 0 unspecified atom stereocenters. The fraction of sp³-hybridized carbons (Fsp3) is 0.238. The van der Waals surface area contributed by atoms with E-state index in [1.165, 1.54) is 25.6 Å². The third kappa shape index (κ3) is 3.93. The van der Waals surface area contributed by atoms with Crippen LogP contribution in [0.5, 0.6) is 5.75 Å². The zero-order chi connectivity index (χ0) is 23.2. The number of carbonyl (C=O) groups is 3. The number of fused-ring (bicyclic) bond motifs is 3. The summed E-state index contributed by atoms with van der Waals surface area (Å²) in [6, 6.07) is 9.95. The summed E-state index contributed by atoms with van der Waals surface area (Å²) < 4.78 is 6.75. The van der Waals surface area contributed by atoms with Crippen molar-refractivity contribution < 1.29 is 19.1 Å². The average molecular weight is 582 g/mol. The van der Waals surface area contributed by atoms with Crippen LogP contribution in [0.4, 0.5) is 5.69 Å². The van der Waals surface area contributed by atoms with Crippen molar-refractivity contribution in [3.8, 4) is 5.75 Å². The minimum Gasteiger partial charge on any atom is -0.425 e. The Morgan fingerprint density at radius 2 is 1.88 bits per heavy atom. The van der Waals surface area contributed by atoms with Gasteiger partial charge in [-0.15, -0.1) is 5.10 Å². The summed E-state index contributed by atoms with van der Waals surface area (Å²) in [7, 11) is 0. The van der Waals surface area contributed by atoms with Crippen LogP contribution >= 0.6 is 43.6 Å². The van der Waals surface area contributed by atoms with Crippen LogP contribution in [0.25, 0.3) is 0 Å². The number of anilines is 1. The number of hydrogen-bond acceptors (Lipinski definition) is 7. The Balaban J connectivity index is 2.05. The van der Waals surface area contributed by atoms with Crippen LogP contribution in [-0.4, -0.2) is 34.2 Å². The van der Waals surface area contributed by atoms with Gasteiger partial charge in [-0.05, 0) is 40.4 Å². The molecule has 0 saturated heterocycles. The Morgan fingerprint density at radius 1 is 1.16 bits per heavy atom. The van der Waals surface area contributed by atoms with Crippen molar-refractivity contribution in [2.45, 2.75) is 26.1 Å². The highest BCUT2D eigenvalue weighted by Crippen LogP contribution is 2.50. The molecule has 2 aromatic carbocycles. The summed E-state index contributed by atoms with van der Waals surface area (Å²) >= 11 is 8.22. The van der Waals surface area contributed by atoms with E-state index in [2.05, 4.69) is 42.3 Å². The van der Waals surface area contributed by atoms with Gasteiger partial charge in [0, 0.05) is 29.4 Å². The first-order valence-electron chi connectivity index (χ1n) is 9.50. The maximum Gasteiger partial charge on any atom is 0.308 e. The molecule has 0 radical (unpaired) electrons. The van der Waals surface area contributed by atoms with E-state index in [4.69, 9.17) is 4.74 Å². The number of halogens is 2. The van der Waals surface area contributed by atoms with E-state index in [1.807, 2.05) is 18.2 Å². The van der Waals surface area contributed by atoms with Gasteiger partial charge in [0.05, 0.1) is 10.2 Å². The number of ether oxygens (including phenoxy) is 1. The standard InChI is InChI=1S/C21H18Br2N4O4S/c1-10(28)26-16-7-5-4-6-13(16)17-19(30)24-21(32-3)25-27(17)20(26)14-8-12(22)9-15(23)18(14)31-11(2)29/h4-9,17,20H,1-3H3,(H,24,25,30)/t17-,20+/m0/s1. The molecule has 0 fully saturated rings. The van der Waals surface area contributed by atoms with E-state index in [0.29, 0.717) is 30.9 Å². The molecule has 0 aromatic heterocycles. The van der Waals surface area contributed by atoms with E-state index >= 15 is 0 Å². The largest absolute Gasteiger partial charge is 0.425 e. The molecule has 0 aliphatic carbocycles. The van der Waals surface area contributed by atoms with E-state index in [9.17, 15) is 14.4 Å². The Kier molecular flexibility index (Phi) is 6.33. The second-order valence-corrected chi connectivity index (χ2v) is 9.67. The maximum atomic E-state index is 13.2. The lowest BCUT2D eigenvalue weighted by Gasteiger charge is -2.48. The van der Waals surface area contributed by atoms with E-state index in [1.54, 1.807) is 34.4 Å². The number of nitrogens with zero attached hydrogens (tertiary/aromatic N) is 3. The zero-order valence-electron chi connectivity index (χ0n) is 17.3. The molecule has 2 aromatic rings. The van der Waals surface area contributed by atoms with Crippen molar-refractivity contribution in [2.75, 3.05) is 11.2 Å². The van der Waals surface area contributed by atoms with Gasteiger partial charge in [0.1, 0.15) is 0 Å². The maximum absolute atomic E-state index is 13.2. The van der Waals surface area contributed by atoms with Gasteiger partial charge in [-0.25, -0.2) is 0 Å². The predicted molar refractivity (Wildman–Crippen MR) is 129 cm³/mol. The average Bonchev–Trinajstić information content (AvgIpc) is 2.73. The van der Waals surface area contributed by atoms with Crippen LogP contribution in [-0.2, 0) is 14.4 Å². The molecule has 2 atom stereocenters. The van der Waals surface area contributed by atoms with Crippen LogP contribution in [0.1, 0.15) is 37.2 Å². The molecule has 11 heteroatoms. The number of amidine groups is 1. The first-order valence-corrected chi connectivity index (χ1v) is 12.3. The smallest absolute Gasteiger partial charge is 0.308 e. The van der Waals surface area contributed by atoms with E-state index < -0.39 is 18.2 Å². The lowest BCUT2D eigenvalue weighted by molar-refractivity contribution is -0.132. The molecule has 2 aliphatic heterocycles. The number of esters is 1. The minimum absolute atomic E-state index is 0.252. The highest BCUT2D eigenvalue weighted by Gasteiger charge is 2.47. The van der Waals surface area contributed by atoms with Crippen LogP contribution in [0.2, 0.25) is 0 Å². The number of carbonyl (C=O) groups excluding carboxylic acids is 3. The number of hydrogen-bond donors (Lipinski definition) is 1. The quantitative estimate of drug-likeness (QED) is 0.420. The molecule has 166 valence electrons. The number of benzene rings is 2. The van der Waals surface area contributed by atoms with Crippen LogP contribution < -0.4 is 15.0 Å². The summed E-state index contributed by atoms with van der Waals surface area (Å²) in [5.74, 6) is -0.770. The fourth-order valence-electron chi connectivity index (χ4n) is 3.89. The zero-order valence-corrected chi connectivity index (χ0v) is 21.2. The third-order valence-electron chi connectivity index (χ3n) is 5.03. The second-order valence-electron chi connectivity index (χ2n) is 7.10. The van der Waals surface area contributed by atoms with Gasteiger partial charge in [0.2, 0.25) is 5.91 Å². The van der Waals surface area contributed by atoms with Gasteiger partial charge in [-0.2, -0.15) is 0 Å². The molecule has 32 heavy (non-hydrogen) atoms. The van der Waals surface area contributed by atoms with Gasteiger partial charge in [-0.3, -0.25) is 24.3 Å². The van der Waals surface area contributed by atoms with Gasteiger partial charge >= 0.3 is 5.97 Å². The number of amides is 2. The van der Waals surface area contributed by atoms with Crippen molar-refractivity contribution in [1.82, 2.24) is 10.3 Å². The van der Waals surface area contributed by atoms with E-state index in [-0.39, 0.29) is 17.6 Å². The monoisotopic (exact) mass is 580 g/mol. The van der Waals surface area contributed by atoms with Crippen molar-refractivity contribution in [3.63, 3.8) is 0 Å². The molecule has 4 rings (SSSR count). The van der Waals surface area contributed by atoms with E-state index in [0.717, 1.165) is 0 Å². The fourth-order valence-corrected chi connectivity index (χ4v) is 5.61. The van der Waals surface area contributed by atoms with Gasteiger partial charge in [0.25, 0.3) is 5.91 Å². The van der Waals surface area contributed by atoms with Crippen molar-refractivity contribution in [1.29, 1.82) is 0 Å². The number of thioether (sulfide) groups is 1. The first-order chi connectivity index (χ1) is 15.2. The summed E-state index contributed by atoms with van der Waals surface area (Å²) in [6.45, 7) is 2.75. The van der Waals surface area contributed by atoms with Gasteiger partial charge in [-0.1, -0.05) is 45.9 Å². The third-order valence-corrected chi connectivity index (χ3v) is 6.65. The normalized spacial score (nSPS) is 19.5. The highest BCUT2D eigenvalue weighted by molar-refractivity contribution is 9.11. The van der Waals surface area contributed by atoms with Crippen molar-refractivity contribution >= 4 is 72.3 Å². The summed E-state index contributed by atoms with van der Waals surface area (Å²) in [5.41, 5.74) is 1.74. The molecule has 0 bridgehead atoms. The Hall–Kier alpha value is -2.37. The molecular formula is C21H18Br2N4O4S. The molecular weight excluding hydrogens is 564 g/mol.